The zero-order valence-electron chi connectivity index (χ0n) is 9.27. The topological polar surface area (TPSA) is 38.0 Å². The van der Waals surface area contributed by atoms with Gasteiger partial charge in [0.1, 0.15) is 5.82 Å². The highest BCUT2D eigenvalue weighted by Gasteiger charge is 2.14. The molecule has 90 valence electrons. The molecule has 5 heteroatoms. The van der Waals surface area contributed by atoms with Crippen LogP contribution in [-0.4, -0.2) is 14.9 Å². The largest absolute Gasteiger partial charge is 0.386 e. The van der Waals surface area contributed by atoms with Gasteiger partial charge in [-0.3, -0.25) is 4.68 Å². The van der Waals surface area contributed by atoms with Crippen LogP contribution in [0.4, 0.5) is 4.39 Å². The Kier molecular flexibility index (Phi) is 3.59. The first-order chi connectivity index (χ1) is 8.08. The van der Waals surface area contributed by atoms with E-state index in [9.17, 15) is 9.50 Å². The van der Waals surface area contributed by atoms with Gasteiger partial charge in [-0.15, -0.1) is 0 Å². The second kappa shape index (κ2) is 4.98. The molecule has 0 saturated heterocycles. The number of hydrogen-bond acceptors (Lipinski definition) is 2. The lowest BCUT2D eigenvalue weighted by Gasteiger charge is -2.12. The molecule has 0 bridgehead atoms. The van der Waals surface area contributed by atoms with Crippen molar-refractivity contribution in [3.8, 4) is 0 Å². The number of aryl methyl sites for hydroxylation is 1. The van der Waals surface area contributed by atoms with Gasteiger partial charge < -0.3 is 5.11 Å². The lowest BCUT2D eigenvalue weighted by atomic mass is 10.1. The maximum Gasteiger partial charge on any atom is 0.123 e. The van der Waals surface area contributed by atoms with Gasteiger partial charge in [0.05, 0.1) is 11.8 Å². The van der Waals surface area contributed by atoms with Gasteiger partial charge >= 0.3 is 0 Å². The molecule has 0 saturated carbocycles. The summed E-state index contributed by atoms with van der Waals surface area (Å²) in [4.78, 5) is 0. The normalized spacial score (nSPS) is 12.7. The minimum Gasteiger partial charge on any atom is -0.386 e. The van der Waals surface area contributed by atoms with E-state index < -0.39 is 6.10 Å². The smallest absolute Gasteiger partial charge is 0.123 e. The first-order valence-corrected chi connectivity index (χ1v) is 5.97. The van der Waals surface area contributed by atoms with Crippen molar-refractivity contribution >= 4 is 15.9 Å². The van der Waals surface area contributed by atoms with Crippen LogP contribution in [0, 0.1) is 5.82 Å². The van der Waals surface area contributed by atoms with Gasteiger partial charge in [-0.05, 0) is 29.8 Å². The highest BCUT2D eigenvalue weighted by Crippen LogP contribution is 2.24. The molecule has 0 fully saturated rings. The standard InChI is InChI=1S/C12H12BrFN2O/c1-16-11(4-5-15-16)12(17)7-8-6-9(14)2-3-10(8)13/h2-6,12,17H,7H2,1H3. The average Bonchev–Trinajstić information content (AvgIpc) is 2.70. The van der Waals surface area contributed by atoms with Crippen LogP contribution in [0.2, 0.25) is 0 Å². The van der Waals surface area contributed by atoms with Gasteiger partial charge in [0.2, 0.25) is 0 Å². The van der Waals surface area contributed by atoms with Crippen LogP contribution in [0.25, 0.3) is 0 Å². The quantitative estimate of drug-likeness (QED) is 0.946. The number of benzene rings is 1. The molecule has 1 aromatic carbocycles. The monoisotopic (exact) mass is 298 g/mol. The number of aromatic nitrogens is 2. The molecular formula is C12H12BrFN2O. The van der Waals surface area contributed by atoms with E-state index in [-0.39, 0.29) is 5.82 Å². The molecule has 0 aliphatic heterocycles. The molecule has 1 aromatic heterocycles. The van der Waals surface area contributed by atoms with Crippen molar-refractivity contribution in [2.24, 2.45) is 7.05 Å². The second-order valence-electron chi connectivity index (χ2n) is 3.84. The molecule has 1 atom stereocenters. The third-order valence-electron chi connectivity index (χ3n) is 2.62. The minimum atomic E-state index is -0.694. The lowest BCUT2D eigenvalue weighted by Crippen LogP contribution is -2.08. The van der Waals surface area contributed by atoms with Gasteiger partial charge in [0.25, 0.3) is 0 Å². The van der Waals surface area contributed by atoms with Gasteiger partial charge in [-0.25, -0.2) is 4.39 Å². The number of aliphatic hydroxyl groups is 1. The predicted molar refractivity (Wildman–Crippen MR) is 66.0 cm³/mol. The average molecular weight is 299 g/mol. The maximum atomic E-state index is 13.1. The van der Waals surface area contributed by atoms with Crippen molar-refractivity contribution in [2.45, 2.75) is 12.5 Å². The number of halogens is 2. The summed E-state index contributed by atoms with van der Waals surface area (Å²) in [6.07, 6.45) is 1.28. The summed E-state index contributed by atoms with van der Waals surface area (Å²) in [7, 11) is 1.76. The van der Waals surface area contributed by atoms with E-state index in [1.807, 2.05) is 0 Å². The van der Waals surface area contributed by atoms with Crippen molar-refractivity contribution in [3.05, 3.63) is 52.0 Å². The molecule has 2 aromatic rings. The van der Waals surface area contributed by atoms with Gasteiger partial charge in [-0.1, -0.05) is 15.9 Å². The molecule has 1 heterocycles. The van der Waals surface area contributed by atoms with Crippen molar-refractivity contribution in [3.63, 3.8) is 0 Å². The highest BCUT2D eigenvalue weighted by atomic mass is 79.9. The first-order valence-electron chi connectivity index (χ1n) is 5.18. The van der Waals surface area contributed by atoms with Gasteiger partial charge in [0, 0.05) is 24.1 Å². The van der Waals surface area contributed by atoms with E-state index >= 15 is 0 Å². The maximum absolute atomic E-state index is 13.1. The predicted octanol–water partition coefficient (Wildman–Crippen LogP) is 2.60. The molecule has 0 radical (unpaired) electrons. The van der Waals surface area contributed by atoms with Crippen LogP contribution < -0.4 is 0 Å². The Hall–Kier alpha value is -1.20. The van der Waals surface area contributed by atoms with E-state index in [2.05, 4.69) is 21.0 Å². The Morgan fingerprint density at radius 3 is 2.88 bits per heavy atom. The van der Waals surface area contributed by atoms with Crippen molar-refractivity contribution < 1.29 is 9.50 Å². The minimum absolute atomic E-state index is 0.305. The number of hydrogen-bond donors (Lipinski definition) is 1. The summed E-state index contributed by atoms with van der Waals surface area (Å²) in [5.41, 5.74) is 1.44. The highest BCUT2D eigenvalue weighted by molar-refractivity contribution is 9.10. The van der Waals surface area contributed by atoms with Gasteiger partial charge in [0.15, 0.2) is 0 Å². The third-order valence-corrected chi connectivity index (χ3v) is 3.39. The Labute approximate surface area is 107 Å². The summed E-state index contributed by atoms with van der Waals surface area (Å²) in [6.45, 7) is 0. The van der Waals surface area contributed by atoms with E-state index in [0.717, 1.165) is 10.0 Å². The third kappa shape index (κ3) is 2.73. The van der Waals surface area contributed by atoms with Crippen LogP contribution in [0.1, 0.15) is 17.4 Å². The van der Waals surface area contributed by atoms with Crippen LogP contribution in [0.5, 0.6) is 0 Å². The molecule has 3 nitrogen and oxygen atoms in total. The summed E-state index contributed by atoms with van der Waals surface area (Å²) in [5.74, 6) is -0.305. The molecular weight excluding hydrogens is 287 g/mol. The fourth-order valence-electron chi connectivity index (χ4n) is 1.72. The van der Waals surface area contributed by atoms with E-state index in [4.69, 9.17) is 0 Å². The first kappa shape index (κ1) is 12.3. The summed E-state index contributed by atoms with van der Waals surface area (Å²) in [5, 5.41) is 14.0. The van der Waals surface area contributed by atoms with Crippen molar-refractivity contribution in [1.82, 2.24) is 9.78 Å². The van der Waals surface area contributed by atoms with E-state index in [1.165, 1.54) is 12.1 Å². The molecule has 0 amide bonds. The zero-order valence-corrected chi connectivity index (χ0v) is 10.9. The molecule has 0 aliphatic carbocycles. The molecule has 1 unspecified atom stereocenters. The summed E-state index contributed by atoms with van der Waals surface area (Å²) in [6, 6.07) is 6.19. The number of nitrogens with zero attached hydrogens (tertiary/aromatic N) is 2. The molecule has 0 aliphatic rings. The van der Waals surface area contributed by atoms with E-state index in [1.54, 1.807) is 30.1 Å². The van der Waals surface area contributed by atoms with Crippen LogP contribution in [0.15, 0.2) is 34.9 Å². The fourth-order valence-corrected chi connectivity index (χ4v) is 2.13. The van der Waals surface area contributed by atoms with E-state index in [0.29, 0.717) is 12.1 Å². The summed E-state index contributed by atoms with van der Waals surface area (Å²) >= 11 is 3.34. The Balaban J connectivity index is 2.21. The lowest BCUT2D eigenvalue weighted by molar-refractivity contribution is 0.168. The second-order valence-corrected chi connectivity index (χ2v) is 4.69. The Bertz CT molecular complexity index is 527. The molecule has 2 rings (SSSR count). The molecule has 1 N–H and O–H groups in total. The number of rotatable bonds is 3. The molecule has 17 heavy (non-hydrogen) atoms. The fraction of sp³-hybridized carbons (Fsp3) is 0.250. The Morgan fingerprint density at radius 2 is 2.24 bits per heavy atom. The zero-order chi connectivity index (χ0) is 12.4. The van der Waals surface area contributed by atoms with Crippen molar-refractivity contribution in [2.75, 3.05) is 0 Å². The van der Waals surface area contributed by atoms with Crippen molar-refractivity contribution in [1.29, 1.82) is 0 Å². The van der Waals surface area contributed by atoms with Crippen LogP contribution >= 0.6 is 15.9 Å². The SMILES string of the molecule is Cn1nccc1C(O)Cc1cc(F)ccc1Br. The molecule has 0 spiro atoms. The van der Waals surface area contributed by atoms with Gasteiger partial charge in [-0.2, -0.15) is 5.10 Å². The summed E-state index contributed by atoms with van der Waals surface area (Å²) < 4.78 is 15.5. The Morgan fingerprint density at radius 1 is 1.47 bits per heavy atom. The number of aliphatic hydroxyl groups excluding tert-OH is 1. The van der Waals surface area contributed by atoms with Crippen LogP contribution in [0.3, 0.4) is 0 Å². The van der Waals surface area contributed by atoms with Crippen LogP contribution in [-0.2, 0) is 13.5 Å².